The molecule has 1 N–H and O–H groups in total. The van der Waals surface area contributed by atoms with Gasteiger partial charge >= 0.3 is 6.03 Å². The number of aromatic nitrogens is 3. The van der Waals surface area contributed by atoms with Gasteiger partial charge in [-0.2, -0.15) is 5.10 Å². The molecule has 0 spiro atoms. The first kappa shape index (κ1) is 19.1. The molecular formula is C20H27N5O2S. The average molecular weight is 402 g/mol. The fraction of sp³-hybridized carbons (Fsp3) is 0.600. The van der Waals surface area contributed by atoms with Crippen molar-refractivity contribution < 1.29 is 4.79 Å². The van der Waals surface area contributed by atoms with Crippen molar-refractivity contribution in [1.82, 2.24) is 19.7 Å². The van der Waals surface area contributed by atoms with Crippen molar-refractivity contribution in [3.05, 3.63) is 38.8 Å². The van der Waals surface area contributed by atoms with Crippen LogP contribution in [0.1, 0.15) is 49.9 Å². The number of hydrogen-bond acceptors (Lipinski definition) is 5. The lowest BCUT2D eigenvalue weighted by Crippen LogP contribution is -2.53. The normalized spacial score (nSPS) is 17.2. The molecule has 0 saturated carbocycles. The highest BCUT2D eigenvalue weighted by molar-refractivity contribution is 7.15. The maximum Gasteiger partial charge on any atom is 0.323 e. The number of hydrogen-bond donors (Lipinski definition) is 1. The Morgan fingerprint density at radius 3 is 2.71 bits per heavy atom. The number of fused-ring (bicyclic) bond motifs is 1. The third-order valence-corrected chi connectivity index (χ3v) is 6.44. The van der Waals surface area contributed by atoms with Gasteiger partial charge in [0.05, 0.1) is 17.9 Å². The van der Waals surface area contributed by atoms with Gasteiger partial charge in [0.25, 0.3) is 5.56 Å². The molecule has 4 rings (SSSR count). The molecule has 2 aliphatic rings. The number of nitrogens with one attached hydrogen (secondary N) is 1. The molecule has 0 aromatic carbocycles. The Kier molecular flexibility index (Phi) is 4.99. The Labute approximate surface area is 168 Å². The van der Waals surface area contributed by atoms with E-state index in [4.69, 9.17) is 0 Å². The van der Waals surface area contributed by atoms with E-state index in [-0.39, 0.29) is 22.9 Å². The zero-order valence-electron chi connectivity index (χ0n) is 16.7. The molecule has 0 bridgehead atoms. The number of carbonyl (C=O) groups is 1. The summed E-state index contributed by atoms with van der Waals surface area (Å²) < 4.78 is 1.54. The first-order chi connectivity index (χ1) is 13.3. The quantitative estimate of drug-likeness (QED) is 0.857. The summed E-state index contributed by atoms with van der Waals surface area (Å²) in [5.41, 5.74) is 1.85. The SMILES string of the molecule is CC(C)(C)c1ccc(=O)n(CC2CN(C(=O)Nc3nc4c(s3)CCCC4)C2)n1. The summed E-state index contributed by atoms with van der Waals surface area (Å²) in [4.78, 5) is 32.2. The van der Waals surface area contributed by atoms with E-state index in [9.17, 15) is 9.59 Å². The number of rotatable bonds is 3. The van der Waals surface area contributed by atoms with Gasteiger partial charge in [0.15, 0.2) is 5.13 Å². The average Bonchev–Trinajstić information content (AvgIpc) is 3.00. The van der Waals surface area contributed by atoms with Crippen LogP contribution in [0.4, 0.5) is 9.93 Å². The fourth-order valence-electron chi connectivity index (χ4n) is 3.65. The molecule has 0 atom stereocenters. The van der Waals surface area contributed by atoms with Crippen LogP contribution in [-0.2, 0) is 24.8 Å². The lowest BCUT2D eigenvalue weighted by Gasteiger charge is -2.38. The Morgan fingerprint density at radius 1 is 1.25 bits per heavy atom. The van der Waals surface area contributed by atoms with E-state index in [1.807, 2.05) is 0 Å². The number of amides is 2. The van der Waals surface area contributed by atoms with Crippen molar-refractivity contribution in [2.75, 3.05) is 18.4 Å². The second-order valence-electron chi connectivity index (χ2n) is 8.79. The molecule has 7 nitrogen and oxygen atoms in total. The molecule has 1 fully saturated rings. The van der Waals surface area contributed by atoms with Gasteiger partial charge in [-0.05, 0) is 31.7 Å². The fourth-order valence-corrected chi connectivity index (χ4v) is 4.69. The Morgan fingerprint density at radius 2 is 2.00 bits per heavy atom. The number of anilines is 1. The number of carbonyl (C=O) groups excluding carboxylic acids is 1. The zero-order valence-corrected chi connectivity index (χ0v) is 17.5. The summed E-state index contributed by atoms with van der Waals surface area (Å²) in [7, 11) is 0. The van der Waals surface area contributed by atoms with Crippen molar-refractivity contribution >= 4 is 22.5 Å². The minimum absolute atomic E-state index is 0.0933. The van der Waals surface area contributed by atoms with Gasteiger partial charge in [0.1, 0.15) is 0 Å². The van der Waals surface area contributed by atoms with E-state index in [0.29, 0.717) is 24.8 Å². The van der Waals surface area contributed by atoms with Gasteiger partial charge < -0.3 is 4.90 Å². The van der Waals surface area contributed by atoms with E-state index in [2.05, 4.69) is 36.2 Å². The number of thiazole rings is 1. The predicted octanol–water partition coefficient (Wildman–Crippen LogP) is 3.04. The maximum absolute atomic E-state index is 12.5. The molecule has 1 aliphatic heterocycles. The summed E-state index contributed by atoms with van der Waals surface area (Å²) in [6.45, 7) is 8.04. The van der Waals surface area contributed by atoms with E-state index in [1.165, 1.54) is 22.4 Å². The lowest BCUT2D eigenvalue weighted by molar-refractivity contribution is 0.116. The maximum atomic E-state index is 12.5. The second-order valence-corrected chi connectivity index (χ2v) is 9.87. The van der Waals surface area contributed by atoms with Crippen LogP contribution in [-0.4, -0.2) is 38.8 Å². The minimum Gasteiger partial charge on any atom is -0.324 e. The minimum atomic E-state index is -0.105. The molecule has 28 heavy (non-hydrogen) atoms. The van der Waals surface area contributed by atoms with Crippen LogP contribution < -0.4 is 10.9 Å². The van der Waals surface area contributed by atoms with Crippen molar-refractivity contribution in [3.63, 3.8) is 0 Å². The highest BCUT2D eigenvalue weighted by Crippen LogP contribution is 2.30. The molecule has 1 saturated heterocycles. The molecule has 1 aliphatic carbocycles. The number of urea groups is 1. The predicted molar refractivity (Wildman–Crippen MR) is 110 cm³/mol. The van der Waals surface area contributed by atoms with Crippen LogP contribution in [0.25, 0.3) is 0 Å². The first-order valence-electron chi connectivity index (χ1n) is 9.93. The van der Waals surface area contributed by atoms with Crippen LogP contribution in [0.5, 0.6) is 0 Å². The third-order valence-electron chi connectivity index (χ3n) is 5.37. The van der Waals surface area contributed by atoms with Crippen LogP contribution in [0.2, 0.25) is 0 Å². The van der Waals surface area contributed by atoms with Crippen molar-refractivity contribution in [1.29, 1.82) is 0 Å². The molecule has 150 valence electrons. The standard InChI is InChI=1S/C20H27N5O2S/c1-20(2,3)16-8-9-17(26)25(23-16)12-13-10-24(11-13)19(27)22-18-21-14-6-4-5-7-15(14)28-18/h8-9,13H,4-7,10-12H2,1-3H3,(H,21,22,27). The number of aryl methyl sites for hydroxylation is 2. The molecular weight excluding hydrogens is 374 g/mol. The monoisotopic (exact) mass is 401 g/mol. The van der Waals surface area contributed by atoms with Crippen molar-refractivity contribution in [2.24, 2.45) is 5.92 Å². The van der Waals surface area contributed by atoms with Gasteiger partial charge in [-0.3, -0.25) is 10.1 Å². The summed E-state index contributed by atoms with van der Waals surface area (Å²) in [6, 6.07) is 3.28. The van der Waals surface area contributed by atoms with E-state index < -0.39 is 0 Å². The first-order valence-corrected chi connectivity index (χ1v) is 10.7. The Hall–Kier alpha value is -2.22. The van der Waals surface area contributed by atoms with Crippen molar-refractivity contribution in [3.8, 4) is 0 Å². The van der Waals surface area contributed by atoms with Crippen LogP contribution in [0, 0.1) is 5.92 Å². The summed E-state index contributed by atoms with van der Waals surface area (Å²) in [5.74, 6) is 0.246. The van der Waals surface area contributed by atoms with Crippen LogP contribution in [0.3, 0.4) is 0 Å². The highest BCUT2D eigenvalue weighted by Gasteiger charge is 2.32. The van der Waals surface area contributed by atoms with Gasteiger partial charge in [0.2, 0.25) is 0 Å². The van der Waals surface area contributed by atoms with E-state index in [1.54, 1.807) is 28.4 Å². The molecule has 0 radical (unpaired) electrons. The van der Waals surface area contributed by atoms with Crippen molar-refractivity contribution in [2.45, 2.75) is 58.4 Å². The second kappa shape index (κ2) is 7.31. The molecule has 2 aromatic heterocycles. The van der Waals surface area contributed by atoms with E-state index in [0.717, 1.165) is 24.2 Å². The lowest BCUT2D eigenvalue weighted by atomic mass is 9.92. The number of likely N-dealkylation sites (tertiary alicyclic amines) is 1. The van der Waals surface area contributed by atoms with Gasteiger partial charge in [-0.1, -0.05) is 20.8 Å². The molecule has 2 aromatic rings. The van der Waals surface area contributed by atoms with Gasteiger partial charge in [-0.25, -0.2) is 14.5 Å². The topological polar surface area (TPSA) is 80.1 Å². The highest BCUT2D eigenvalue weighted by atomic mass is 32.1. The van der Waals surface area contributed by atoms with Crippen LogP contribution in [0.15, 0.2) is 16.9 Å². The van der Waals surface area contributed by atoms with Gasteiger partial charge in [0, 0.05) is 35.4 Å². The number of nitrogens with zero attached hydrogens (tertiary/aromatic N) is 4. The molecule has 0 unspecified atom stereocenters. The largest absolute Gasteiger partial charge is 0.324 e. The molecule has 8 heteroatoms. The summed E-state index contributed by atoms with van der Waals surface area (Å²) in [6.07, 6.45) is 4.48. The van der Waals surface area contributed by atoms with E-state index >= 15 is 0 Å². The summed E-state index contributed by atoms with van der Waals surface area (Å²) in [5, 5.41) is 8.16. The molecule has 3 heterocycles. The summed E-state index contributed by atoms with van der Waals surface area (Å²) >= 11 is 1.60. The zero-order chi connectivity index (χ0) is 19.9. The smallest absolute Gasteiger partial charge is 0.323 e. The van der Waals surface area contributed by atoms with Gasteiger partial charge in [-0.15, -0.1) is 11.3 Å². The Bertz CT molecular complexity index is 913. The molecule has 2 amide bonds. The third kappa shape index (κ3) is 3.97. The Balaban J connectivity index is 1.33. The van der Waals surface area contributed by atoms with Crippen LogP contribution >= 0.6 is 11.3 Å².